The Bertz CT molecular complexity index is 1750. The van der Waals surface area contributed by atoms with E-state index >= 15 is 4.79 Å². The van der Waals surface area contributed by atoms with Crippen molar-refractivity contribution < 1.29 is 62.7 Å². The summed E-state index contributed by atoms with van der Waals surface area (Å²) >= 11 is 35.2. The second kappa shape index (κ2) is 13.5. The number of ketones is 2. The molecule has 3 aliphatic carbocycles. The Hall–Kier alpha value is -2.20. The maximum atomic E-state index is 15.5. The summed E-state index contributed by atoms with van der Waals surface area (Å²) in [6.45, 7) is 5.54. The molecular formula is C33H32Cl6O13. The van der Waals surface area contributed by atoms with Crippen molar-refractivity contribution in [3.63, 3.8) is 0 Å². The molecule has 2 N–H and O–H groups in total. The number of aliphatic hydroxyl groups is 2. The fourth-order valence-electron chi connectivity index (χ4n) is 8.21. The lowest BCUT2D eigenvalue weighted by Gasteiger charge is -2.67. The van der Waals surface area contributed by atoms with Crippen molar-refractivity contribution in [2.45, 2.75) is 90.3 Å². The third kappa shape index (κ3) is 6.21. The molecule has 1 saturated heterocycles. The normalized spacial score (nSPS) is 35.5. The van der Waals surface area contributed by atoms with Gasteiger partial charge in [0.05, 0.1) is 23.5 Å². The van der Waals surface area contributed by atoms with Crippen LogP contribution in [0.15, 0.2) is 41.5 Å². The molecule has 9 atom stereocenters. The van der Waals surface area contributed by atoms with Gasteiger partial charge in [-0.15, -0.1) is 0 Å². The molecule has 284 valence electrons. The standard InChI is InChI=1S/C33H32Cl6O13/c1-13-18-20(50-27(46)33(37,38)39)23(43)29(5)16(49-26(45)32(34,35)36)11-17-30(12-48-17,52-14(2)40)21(29)24(51-25(44)15-9-7-6-8-10-15)31(47,28(18,3)4)22(42)19(13)41/h6-10,16-17,20-22,24,42,47H,11-12H2,1-5H3/t16-,17?,20+,21-,22-,24-,29+,30-,31+/m0/s1. The smallest absolute Gasteiger partial charge is 0.359 e. The molecule has 1 unspecified atom stereocenters. The van der Waals surface area contributed by atoms with Gasteiger partial charge in [0.2, 0.25) is 0 Å². The van der Waals surface area contributed by atoms with Gasteiger partial charge >= 0.3 is 23.9 Å². The molecule has 1 heterocycles. The summed E-state index contributed by atoms with van der Waals surface area (Å²) in [5, 5.41) is 25.0. The minimum Gasteiger partial charge on any atom is -0.458 e. The predicted molar refractivity (Wildman–Crippen MR) is 184 cm³/mol. The zero-order valence-corrected chi connectivity index (χ0v) is 32.5. The molecule has 52 heavy (non-hydrogen) atoms. The highest BCUT2D eigenvalue weighted by Crippen LogP contribution is 2.64. The number of fused-ring (bicyclic) bond motifs is 5. The molecule has 1 aromatic rings. The Morgan fingerprint density at radius 3 is 1.96 bits per heavy atom. The first-order chi connectivity index (χ1) is 23.8. The SMILES string of the molecule is CC(=O)O[C@@]12COC1C[C@H](OC(=O)C(Cl)(Cl)Cl)[C@@]1(C)C(=O)[C@H](OC(=O)C(Cl)(Cl)Cl)C3=C(C)C(=O)[C@H](O)[C@@](O)([C@@H](OC(=O)c4ccccc4)[C@@H]12)C3(C)C. The number of Topliss-reactive ketones (excluding diaryl/α,β-unsaturated/α-hetero) is 2. The van der Waals surface area contributed by atoms with E-state index in [-0.39, 0.29) is 16.7 Å². The molecule has 13 nitrogen and oxygen atoms in total. The molecule has 0 radical (unpaired) electrons. The van der Waals surface area contributed by atoms with E-state index in [4.69, 9.17) is 93.3 Å². The first-order valence-electron chi connectivity index (χ1n) is 15.6. The predicted octanol–water partition coefficient (Wildman–Crippen LogP) is 4.10. The van der Waals surface area contributed by atoms with Crippen LogP contribution in [-0.2, 0) is 47.7 Å². The van der Waals surface area contributed by atoms with Gasteiger partial charge in [0.15, 0.2) is 23.3 Å². The molecule has 3 fully saturated rings. The van der Waals surface area contributed by atoms with Gasteiger partial charge in [-0.2, -0.15) is 0 Å². The molecule has 2 bridgehead atoms. The molecule has 0 spiro atoms. The molecule has 2 saturated carbocycles. The second-order valence-electron chi connectivity index (χ2n) is 13.8. The van der Waals surface area contributed by atoms with E-state index in [2.05, 4.69) is 0 Å². The summed E-state index contributed by atoms with van der Waals surface area (Å²) < 4.78 is 23.6. The summed E-state index contributed by atoms with van der Waals surface area (Å²) in [4.78, 5) is 82.7. The van der Waals surface area contributed by atoms with Gasteiger partial charge in [-0.05, 0) is 37.1 Å². The first-order valence-corrected chi connectivity index (χ1v) is 17.9. The number of benzene rings is 1. The summed E-state index contributed by atoms with van der Waals surface area (Å²) in [7, 11) is 0. The second-order valence-corrected chi connectivity index (χ2v) is 18.4. The van der Waals surface area contributed by atoms with Crippen LogP contribution in [0.3, 0.4) is 0 Å². The van der Waals surface area contributed by atoms with E-state index in [9.17, 15) is 34.2 Å². The van der Waals surface area contributed by atoms with Crippen molar-refractivity contribution in [1.82, 2.24) is 0 Å². The lowest BCUT2D eigenvalue weighted by Crippen LogP contribution is -2.83. The van der Waals surface area contributed by atoms with Gasteiger partial charge < -0.3 is 33.9 Å². The fourth-order valence-corrected chi connectivity index (χ4v) is 8.48. The maximum Gasteiger partial charge on any atom is 0.359 e. The number of esters is 4. The molecule has 4 aliphatic rings. The van der Waals surface area contributed by atoms with Crippen molar-refractivity contribution in [3.05, 3.63) is 47.0 Å². The monoisotopic (exact) mass is 846 g/mol. The molecule has 0 amide bonds. The molecule has 1 aliphatic heterocycles. The zero-order valence-electron chi connectivity index (χ0n) is 27.9. The largest absolute Gasteiger partial charge is 0.458 e. The highest BCUT2D eigenvalue weighted by Gasteiger charge is 2.80. The van der Waals surface area contributed by atoms with Crippen LogP contribution < -0.4 is 0 Å². The van der Waals surface area contributed by atoms with Crippen molar-refractivity contribution in [2.24, 2.45) is 16.7 Å². The van der Waals surface area contributed by atoms with Crippen LogP contribution >= 0.6 is 69.6 Å². The van der Waals surface area contributed by atoms with E-state index < -0.39 is 115 Å². The van der Waals surface area contributed by atoms with Gasteiger partial charge in [0.25, 0.3) is 7.59 Å². The molecule has 19 heteroatoms. The van der Waals surface area contributed by atoms with Crippen LogP contribution in [0.5, 0.6) is 0 Å². The highest BCUT2D eigenvalue weighted by molar-refractivity contribution is 6.76. The Kier molecular flexibility index (Phi) is 10.7. The minimum atomic E-state index is -2.95. The van der Waals surface area contributed by atoms with Crippen molar-refractivity contribution in [3.8, 4) is 0 Å². The van der Waals surface area contributed by atoms with Crippen molar-refractivity contribution in [2.75, 3.05) is 6.61 Å². The number of hydrogen-bond acceptors (Lipinski definition) is 13. The molecule has 0 aromatic heterocycles. The van der Waals surface area contributed by atoms with Crippen molar-refractivity contribution in [1.29, 1.82) is 0 Å². The van der Waals surface area contributed by atoms with Crippen LogP contribution in [0.1, 0.15) is 51.4 Å². The van der Waals surface area contributed by atoms with E-state index in [1.807, 2.05) is 0 Å². The Labute approximate surface area is 327 Å². The number of aliphatic hydroxyl groups excluding tert-OH is 1. The number of halogens is 6. The van der Waals surface area contributed by atoms with Gasteiger partial charge in [-0.3, -0.25) is 14.4 Å². The Morgan fingerprint density at radius 1 is 0.904 bits per heavy atom. The number of rotatable bonds is 5. The van der Waals surface area contributed by atoms with E-state index in [1.54, 1.807) is 6.07 Å². The average molecular weight is 849 g/mol. The van der Waals surface area contributed by atoms with Crippen LogP contribution in [0.2, 0.25) is 0 Å². The van der Waals surface area contributed by atoms with Crippen molar-refractivity contribution >= 4 is 105 Å². The summed E-state index contributed by atoms with van der Waals surface area (Å²) in [6, 6.07) is 7.38. The Morgan fingerprint density at radius 2 is 1.46 bits per heavy atom. The number of alkyl halides is 6. The van der Waals surface area contributed by atoms with Gasteiger partial charge in [0.1, 0.15) is 30.0 Å². The van der Waals surface area contributed by atoms with Crippen LogP contribution in [0.4, 0.5) is 0 Å². The summed E-state index contributed by atoms with van der Waals surface area (Å²) in [5.74, 6) is -9.29. The molecule has 5 rings (SSSR count). The lowest BCUT2D eigenvalue weighted by atomic mass is 9.44. The highest BCUT2D eigenvalue weighted by atomic mass is 35.6. The van der Waals surface area contributed by atoms with Crippen LogP contribution in [0.25, 0.3) is 0 Å². The number of carbonyl (C=O) groups is 6. The summed E-state index contributed by atoms with van der Waals surface area (Å²) in [5.41, 5.74) is -10.2. The Balaban J connectivity index is 1.92. The van der Waals surface area contributed by atoms with Gasteiger partial charge in [-0.25, -0.2) is 14.4 Å². The van der Waals surface area contributed by atoms with Gasteiger partial charge in [-0.1, -0.05) is 102 Å². The van der Waals surface area contributed by atoms with Crippen LogP contribution in [0, 0.1) is 16.7 Å². The first kappa shape index (κ1) is 41.0. The minimum absolute atomic E-state index is 0.0602. The number of hydrogen-bond donors (Lipinski definition) is 2. The number of ether oxygens (including phenoxy) is 5. The third-order valence-corrected chi connectivity index (χ3v) is 11.6. The molecule has 1 aromatic carbocycles. The zero-order chi connectivity index (χ0) is 39.1. The third-order valence-electron chi connectivity index (χ3n) is 10.7. The van der Waals surface area contributed by atoms with E-state index in [0.29, 0.717) is 0 Å². The average Bonchev–Trinajstić information content (AvgIpc) is 3.04. The summed E-state index contributed by atoms with van der Waals surface area (Å²) in [6.07, 6.45) is -10.3. The van der Waals surface area contributed by atoms with Gasteiger partial charge in [0, 0.05) is 18.8 Å². The lowest BCUT2D eigenvalue weighted by molar-refractivity contribution is -0.349. The topological polar surface area (TPSA) is 189 Å². The van der Waals surface area contributed by atoms with Crippen LogP contribution in [-0.4, -0.2) is 102 Å². The number of carbonyl (C=O) groups excluding carboxylic acids is 6. The molecular weight excluding hydrogens is 817 g/mol. The van der Waals surface area contributed by atoms with E-state index in [0.717, 1.165) is 6.92 Å². The quantitative estimate of drug-likeness (QED) is 0.245. The van der Waals surface area contributed by atoms with E-state index in [1.165, 1.54) is 52.0 Å². The maximum absolute atomic E-state index is 15.5. The fraction of sp³-hybridized carbons (Fsp3) is 0.576.